The average molecular weight is 224 g/mol. The van der Waals surface area contributed by atoms with Gasteiger partial charge in [-0.05, 0) is 5.88 Å². The van der Waals surface area contributed by atoms with Crippen molar-refractivity contribution in [3.8, 4) is 18.2 Å². The summed E-state index contributed by atoms with van der Waals surface area (Å²) in [6.07, 6.45) is 0. The fourth-order valence-electron chi connectivity index (χ4n) is 0.937. The molecular weight excluding hydrogens is 223 g/mol. The van der Waals surface area contributed by atoms with E-state index in [0.29, 0.717) is 0 Å². The maximum absolute atomic E-state index is 11.0. The number of hydrogen-bond donors (Lipinski definition) is 1. The van der Waals surface area contributed by atoms with Crippen LogP contribution < -0.4 is 61.8 Å². The zero-order valence-corrected chi connectivity index (χ0v) is 10.8. The Morgan fingerprint density at radius 1 is 1.27 bits per heavy atom. The molecule has 0 saturated carbocycles. The molecule has 1 amide bonds. The standard InChI is InChI=1S/C8H2N4O2.K/c9-1-4(2-10)6-5(3-11)7(13)12-8(6)14;/h13H,(H,12,14);/q;+1/p-1. The summed E-state index contributed by atoms with van der Waals surface area (Å²) in [7, 11) is 0. The van der Waals surface area contributed by atoms with Gasteiger partial charge in [0.2, 0.25) is 0 Å². The van der Waals surface area contributed by atoms with Gasteiger partial charge in [0.1, 0.15) is 23.8 Å². The Morgan fingerprint density at radius 2 is 1.80 bits per heavy atom. The van der Waals surface area contributed by atoms with Crippen LogP contribution in [0.15, 0.2) is 22.6 Å². The summed E-state index contributed by atoms with van der Waals surface area (Å²) in [4.78, 5) is 11.0. The second-order valence-corrected chi connectivity index (χ2v) is 2.24. The van der Waals surface area contributed by atoms with Crippen LogP contribution in [0, 0.1) is 34.0 Å². The van der Waals surface area contributed by atoms with Gasteiger partial charge >= 0.3 is 51.4 Å². The summed E-state index contributed by atoms with van der Waals surface area (Å²) in [5.41, 5.74) is -1.47. The molecule has 15 heavy (non-hydrogen) atoms. The molecular formula is C8HKN4O2. The maximum Gasteiger partial charge on any atom is 1.00 e. The van der Waals surface area contributed by atoms with E-state index < -0.39 is 28.5 Å². The second kappa shape index (κ2) is 5.67. The van der Waals surface area contributed by atoms with Crippen molar-refractivity contribution in [3.63, 3.8) is 0 Å². The Kier molecular flexibility index (Phi) is 5.24. The predicted octanol–water partition coefficient (Wildman–Crippen LogP) is -4.44. The fraction of sp³-hybridized carbons (Fsp3) is 0. The van der Waals surface area contributed by atoms with Gasteiger partial charge in [-0.15, -0.1) is 0 Å². The van der Waals surface area contributed by atoms with Crippen LogP contribution in [-0.2, 0) is 4.79 Å². The predicted molar refractivity (Wildman–Crippen MR) is 39.0 cm³/mol. The summed E-state index contributed by atoms with van der Waals surface area (Å²) in [5, 5.41) is 38.2. The van der Waals surface area contributed by atoms with Crippen molar-refractivity contribution in [1.29, 1.82) is 15.8 Å². The normalized spacial score (nSPS) is 13.1. The first-order valence-electron chi connectivity index (χ1n) is 3.33. The van der Waals surface area contributed by atoms with E-state index in [2.05, 4.69) is 0 Å². The van der Waals surface area contributed by atoms with Crippen LogP contribution in [0.25, 0.3) is 0 Å². The zero-order valence-electron chi connectivity index (χ0n) is 7.66. The van der Waals surface area contributed by atoms with Gasteiger partial charge in [0.25, 0.3) is 5.91 Å². The zero-order chi connectivity index (χ0) is 10.7. The summed E-state index contributed by atoms with van der Waals surface area (Å²) < 4.78 is 0. The molecule has 1 rings (SSSR count). The van der Waals surface area contributed by atoms with Gasteiger partial charge in [-0.3, -0.25) is 4.79 Å². The summed E-state index contributed by atoms with van der Waals surface area (Å²) in [5.74, 6) is -1.76. The van der Waals surface area contributed by atoms with Gasteiger partial charge in [-0.1, -0.05) is 0 Å². The Bertz CT molecular complexity index is 482. The molecule has 0 fully saturated rings. The maximum atomic E-state index is 11.0. The third-order valence-electron chi connectivity index (χ3n) is 1.52. The van der Waals surface area contributed by atoms with Crippen LogP contribution in [0.1, 0.15) is 0 Å². The molecule has 1 heterocycles. The molecule has 7 heteroatoms. The molecule has 0 radical (unpaired) electrons. The molecule has 0 spiro atoms. The first kappa shape index (κ1) is 13.9. The van der Waals surface area contributed by atoms with E-state index in [4.69, 9.17) is 15.8 Å². The third kappa shape index (κ3) is 2.45. The van der Waals surface area contributed by atoms with Gasteiger partial charge in [0.05, 0.1) is 11.1 Å². The first-order chi connectivity index (χ1) is 6.65. The van der Waals surface area contributed by atoms with Gasteiger partial charge in [0.15, 0.2) is 0 Å². The Balaban J connectivity index is 0.00000196. The number of hydrogen-bond acceptors (Lipinski definition) is 5. The minimum absolute atomic E-state index is 0. The van der Waals surface area contributed by atoms with E-state index in [-0.39, 0.29) is 51.4 Å². The quantitative estimate of drug-likeness (QED) is 0.252. The molecule has 0 atom stereocenters. The smallest absolute Gasteiger partial charge is 0.859 e. The SMILES string of the molecule is N#CC(C#N)=C1C(=O)NC([O-])=C1C#N.[K+]. The van der Waals surface area contributed by atoms with Crippen LogP contribution in [0.2, 0.25) is 0 Å². The van der Waals surface area contributed by atoms with Crippen molar-refractivity contribution in [2.24, 2.45) is 0 Å². The molecule has 0 aliphatic carbocycles. The average Bonchev–Trinajstić information content (AvgIpc) is 2.44. The number of nitrogens with one attached hydrogen (secondary N) is 1. The van der Waals surface area contributed by atoms with E-state index in [9.17, 15) is 9.90 Å². The molecule has 66 valence electrons. The minimum Gasteiger partial charge on any atom is -0.859 e. The number of allylic oxidation sites excluding steroid dienone is 1. The van der Waals surface area contributed by atoms with Crippen LogP contribution in [0.3, 0.4) is 0 Å². The molecule has 1 aliphatic rings. The topological polar surface area (TPSA) is 124 Å². The number of nitriles is 3. The Hall–Kier alpha value is -1.14. The van der Waals surface area contributed by atoms with Crippen LogP contribution in [0.5, 0.6) is 0 Å². The molecule has 0 saturated heterocycles. The van der Waals surface area contributed by atoms with E-state index in [0.717, 1.165) is 0 Å². The Labute approximate surface area is 128 Å². The number of rotatable bonds is 0. The second-order valence-electron chi connectivity index (χ2n) is 2.24. The van der Waals surface area contributed by atoms with Crippen LogP contribution in [0.4, 0.5) is 0 Å². The van der Waals surface area contributed by atoms with Gasteiger partial charge in [-0.25, -0.2) is 0 Å². The number of carbonyl (C=O) groups excluding carboxylic acids is 1. The molecule has 1 aliphatic heterocycles. The molecule has 0 aromatic rings. The molecule has 0 aromatic heterocycles. The van der Waals surface area contributed by atoms with Gasteiger partial charge in [0, 0.05) is 0 Å². The molecule has 0 bridgehead atoms. The van der Waals surface area contributed by atoms with Crippen molar-refractivity contribution in [2.75, 3.05) is 0 Å². The number of amides is 1. The number of carbonyl (C=O) groups is 1. The van der Waals surface area contributed by atoms with E-state index >= 15 is 0 Å². The summed E-state index contributed by atoms with van der Waals surface area (Å²) in [6, 6.07) is 4.35. The van der Waals surface area contributed by atoms with Crippen molar-refractivity contribution in [3.05, 3.63) is 22.6 Å². The van der Waals surface area contributed by atoms with Crippen molar-refractivity contribution in [1.82, 2.24) is 5.32 Å². The fourth-order valence-corrected chi connectivity index (χ4v) is 0.937. The summed E-state index contributed by atoms with van der Waals surface area (Å²) in [6.45, 7) is 0. The van der Waals surface area contributed by atoms with Crippen LogP contribution >= 0.6 is 0 Å². The van der Waals surface area contributed by atoms with Crippen molar-refractivity contribution >= 4 is 5.91 Å². The number of nitrogens with zero attached hydrogens (tertiary/aromatic N) is 3. The van der Waals surface area contributed by atoms with Crippen molar-refractivity contribution < 1.29 is 61.3 Å². The third-order valence-corrected chi connectivity index (χ3v) is 1.52. The monoisotopic (exact) mass is 224 g/mol. The molecule has 0 aromatic carbocycles. The minimum atomic E-state index is -0.885. The van der Waals surface area contributed by atoms with Gasteiger partial charge < -0.3 is 10.4 Å². The molecule has 6 nitrogen and oxygen atoms in total. The largest absolute Gasteiger partial charge is 1.00 e. The van der Waals surface area contributed by atoms with E-state index in [1.807, 2.05) is 5.32 Å². The summed E-state index contributed by atoms with van der Waals surface area (Å²) >= 11 is 0. The van der Waals surface area contributed by atoms with Gasteiger partial charge in [-0.2, -0.15) is 15.8 Å². The Morgan fingerprint density at radius 3 is 2.20 bits per heavy atom. The van der Waals surface area contributed by atoms with E-state index in [1.54, 1.807) is 0 Å². The van der Waals surface area contributed by atoms with Crippen molar-refractivity contribution in [2.45, 2.75) is 0 Å². The first-order valence-corrected chi connectivity index (χ1v) is 3.33. The molecule has 1 N–H and O–H groups in total. The molecule has 0 unspecified atom stereocenters. The van der Waals surface area contributed by atoms with E-state index in [1.165, 1.54) is 18.2 Å². The van der Waals surface area contributed by atoms with Crippen LogP contribution in [-0.4, -0.2) is 5.91 Å².